The summed E-state index contributed by atoms with van der Waals surface area (Å²) in [5, 5.41) is 2.69. The van der Waals surface area contributed by atoms with Crippen molar-refractivity contribution in [2.24, 2.45) is 0 Å². The molecule has 0 aromatic heterocycles. The number of ether oxygens (including phenoxy) is 1. The Labute approximate surface area is 149 Å². The fraction of sp³-hybridized carbons (Fsp3) is 0.188. The molecule has 0 spiro atoms. The monoisotopic (exact) mass is 412 g/mol. The van der Waals surface area contributed by atoms with Crippen LogP contribution in [-0.2, 0) is 14.8 Å². The van der Waals surface area contributed by atoms with Crippen molar-refractivity contribution < 1.29 is 17.9 Å². The maximum atomic E-state index is 12.1. The number of hydrogen-bond donors (Lipinski definition) is 2. The third kappa shape index (κ3) is 5.33. The Hall–Kier alpha value is -1.90. The topological polar surface area (TPSA) is 84.5 Å². The standard InChI is InChI=1S/C16H17BrN2O4S/c1-23-14-6-4-13(5-7-14)19-16(20)10-11-18-24(21,22)15-8-2-12(17)3-9-15/h2-9,18H,10-11H2,1H3,(H,19,20). The van der Waals surface area contributed by atoms with Crippen molar-refractivity contribution in [2.75, 3.05) is 19.0 Å². The number of anilines is 1. The van der Waals surface area contributed by atoms with E-state index in [1.807, 2.05) is 0 Å². The van der Waals surface area contributed by atoms with Crippen molar-refractivity contribution in [1.29, 1.82) is 0 Å². The number of halogens is 1. The van der Waals surface area contributed by atoms with Gasteiger partial charge in [-0.05, 0) is 48.5 Å². The quantitative estimate of drug-likeness (QED) is 0.731. The fourth-order valence-corrected chi connectivity index (χ4v) is 3.19. The molecule has 0 heterocycles. The summed E-state index contributed by atoms with van der Waals surface area (Å²) in [5.41, 5.74) is 0.622. The van der Waals surface area contributed by atoms with E-state index < -0.39 is 10.0 Å². The van der Waals surface area contributed by atoms with Gasteiger partial charge in [-0.1, -0.05) is 15.9 Å². The summed E-state index contributed by atoms with van der Waals surface area (Å²) in [6, 6.07) is 13.1. The van der Waals surface area contributed by atoms with Crippen molar-refractivity contribution >= 4 is 37.5 Å². The number of hydrogen-bond acceptors (Lipinski definition) is 4. The second-order valence-corrected chi connectivity index (χ2v) is 7.56. The summed E-state index contributed by atoms with van der Waals surface area (Å²) in [7, 11) is -2.06. The smallest absolute Gasteiger partial charge is 0.240 e. The predicted molar refractivity (Wildman–Crippen MR) is 95.6 cm³/mol. The highest BCUT2D eigenvalue weighted by molar-refractivity contribution is 9.10. The van der Waals surface area contributed by atoms with Gasteiger partial charge in [0.25, 0.3) is 0 Å². The molecule has 6 nitrogen and oxygen atoms in total. The number of benzene rings is 2. The molecule has 0 radical (unpaired) electrons. The van der Waals surface area contributed by atoms with Crippen molar-refractivity contribution in [1.82, 2.24) is 4.72 Å². The van der Waals surface area contributed by atoms with E-state index in [4.69, 9.17) is 4.74 Å². The highest BCUT2D eigenvalue weighted by Gasteiger charge is 2.14. The molecule has 128 valence electrons. The van der Waals surface area contributed by atoms with Gasteiger partial charge in [0.15, 0.2) is 0 Å². The maximum absolute atomic E-state index is 12.1. The predicted octanol–water partition coefficient (Wildman–Crippen LogP) is 2.76. The molecular weight excluding hydrogens is 396 g/mol. The summed E-state index contributed by atoms with van der Waals surface area (Å²) >= 11 is 3.25. The molecule has 0 aliphatic carbocycles. The number of amides is 1. The van der Waals surface area contributed by atoms with E-state index in [0.29, 0.717) is 11.4 Å². The van der Waals surface area contributed by atoms with Crippen LogP contribution >= 0.6 is 15.9 Å². The van der Waals surface area contributed by atoms with Gasteiger partial charge in [-0.3, -0.25) is 4.79 Å². The molecule has 2 aromatic rings. The van der Waals surface area contributed by atoms with Gasteiger partial charge >= 0.3 is 0 Å². The molecule has 0 unspecified atom stereocenters. The maximum Gasteiger partial charge on any atom is 0.240 e. The minimum absolute atomic E-state index is 0.0143. The zero-order chi connectivity index (χ0) is 17.6. The molecule has 2 N–H and O–H groups in total. The molecule has 2 rings (SSSR count). The Morgan fingerprint density at radius 1 is 1.08 bits per heavy atom. The summed E-state index contributed by atoms with van der Waals surface area (Å²) in [6.07, 6.45) is 0.0296. The number of carbonyl (C=O) groups excluding carboxylic acids is 1. The van der Waals surface area contributed by atoms with Gasteiger partial charge in [-0.25, -0.2) is 13.1 Å². The molecule has 1 amide bonds. The van der Waals surface area contributed by atoms with E-state index in [0.717, 1.165) is 4.47 Å². The highest BCUT2D eigenvalue weighted by Crippen LogP contribution is 2.16. The molecule has 0 saturated carbocycles. The zero-order valence-electron chi connectivity index (χ0n) is 13.0. The minimum Gasteiger partial charge on any atom is -0.497 e. The van der Waals surface area contributed by atoms with Crippen LogP contribution in [0.5, 0.6) is 5.75 Å². The van der Waals surface area contributed by atoms with Crippen LogP contribution in [0.2, 0.25) is 0 Å². The van der Waals surface area contributed by atoms with Crippen LogP contribution in [0.1, 0.15) is 6.42 Å². The van der Waals surface area contributed by atoms with E-state index >= 15 is 0 Å². The SMILES string of the molecule is COc1ccc(NC(=O)CCNS(=O)(=O)c2ccc(Br)cc2)cc1. The van der Waals surface area contributed by atoms with Crippen molar-refractivity contribution in [2.45, 2.75) is 11.3 Å². The lowest BCUT2D eigenvalue weighted by Crippen LogP contribution is -2.27. The molecule has 8 heteroatoms. The summed E-state index contributed by atoms with van der Waals surface area (Å²) in [5.74, 6) is 0.411. The molecule has 0 fully saturated rings. The molecule has 0 aliphatic heterocycles. The first kappa shape index (κ1) is 18.4. The highest BCUT2D eigenvalue weighted by atomic mass is 79.9. The van der Waals surface area contributed by atoms with Gasteiger partial charge in [0.1, 0.15) is 5.75 Å². The van der Waals surface area contributed by atoms with E-state index in [2.05, 4.69) is 26.0 Å². The second-order valence-electron chi connectivity index (χ2n) is 4.88. The van der Waals surface area contributed by atoms with Gasteiger partial charge in [-0.15, -0.1) is 0 Å². The van der Waals surface area contributed by atoms with Gasteiger partial charge in [0.05, 0.1) is 12.0 Å². The van der Waals surface area contributed by atoms with Crippen molar-refractivity contribution in [3.63, 3.8) is 0 Å². The van der Waals surface area contributed by atoms with Crippen LogP contribution in [0, 0.1) is 0 Å². The Bertz CT molecular complexity index is 790. The van der Waals surface area contributed by atoms with Gasteiger partial charge in [0, 0.05) is 23.1 Å². The molecule has 0 atom stereocenters. The lowest BCUT2D eigenvalue weighted by atomic mass is 10.3. The third-order valence-electron chi connectivity index (χ3n) is 3.14. The Balaban J connectivity index is 1.84. The number of carbonyl (C=O) groups is 1. The molecule has 0 aliphatic rings. The molecular formula is C16H17BrN2O4S. The van der Waals surface area contributed by atoms with Crippen LogP contribution < -0.4 is 14.8 Å². The molecule has 2 aromatic carbocycles. The van der Waals surface area contributed by atoms with Crippen LogP contribution in [0.15, 0.2) is 57.9 Å². The first-order valence-corrected chi connectivity index (χ1v) is 9.37. The number of sulfonamides is 1. The van der Waals surface area contributed by atoms with Crippen LogP contribution in [0.25, 0.3) is 0 Å². The van der Waals surface area contributed by atoms with Crippen LogP contribution in [-0.4, -0.2) is 28.0 Å². The van der Waals surface area contributed by atoms with Crippen LogP contribution in [0.4, 0.5) is 5.69 Å². The largest absolute Gasteiger partial charge is 0.497 e. The number of methoxy groups -OCH3 is 1. The van der Waals surface area contributed by atoms with Gasteiger partial charge in [0.2, 0.25) is 15.9 Å². The van der Waals surface area contributed by atoms with Crippen molar-refractivity contribution in [3.8, 4) is 5.75 Å². The molecule has 0 bridgehead atoms. The molecule has 24 heavy (non-hydrogen) atoms. The second kappa shape index (κ2) is 8.27. The minimum atomic E-state index is -3.62. The van der Waals surface area contributed by atoms with Gasteiger partial charge < -0.3 is 10.1 Å². The van der Waals surface area contributed by atoms with E-state index in [1.165, 1.54) is 12.1 Å². The van der Waals surface area contributed by atoms with Crippen LogP contribution in [0.3, 0.4) is 0 Å². The average Bonchev–Trinajstić information content (AvgIpc) is 2.56. The first-order chi connectivity index (χ1) is 11.4. The van der Waals surface area contributed by atoms with E-state index in [-0.39, 0.29) is 23.8 Å². The summed E-state index contributed by atoms with van der Waals surface area (Å²) in [4.78, 5) is 12.0. The molecule has 0 saturated heterocycles. The number of nitrogens with one attached hydrogen (secondary N) is 2. The fourth-order valence-electron chi connectivity index (χ4n) is 1.89. The third-order valence-corrected chi connectivity index (χ3v) is 5.15. The average molecular weight is 413 g/mol. The lowest BCUT2D eigenvalue weighted by molar-refractivity contribution is -0.116. The zero-order valence-corrected chi connectivity index (χ0v) is 15.4. The Kier molecular flexibility index (Phi) is 6.36. The van der Waals surface area contributed by atoms with Gasteiger partial charge in [-0.2, -0.15) is 0 Å². The Morgan fingerprint density at radius 2 is 1.71 bits per heavy atom. The number of rotatable bonds is 7. The van der Waals surface area contributed by atoms with E-state index in [1.54, 1.807) is 43.5 Å². The normalized spacial score (nSPS) is 11.1. The summed E-state index contributed by atoms with van der Waals surface area (Å²) in [6.45, 7) is 0.0143. The summed E-state index contributed by atoms with van der Waals surface area (Å²) < 4.78 is 32.4. The Morgan fingerprint density at radius 3 is 2.29 bits per heavy atom. The first-order valence-electron chi connectivity index (χ1n) is 7.10. The van der Waals surface area contributed by atoms with Crippen molar-refractivity contribution in [3.05, 3.63) is 53.0 Å². The lowest BCUT2D eigenvalue weighted by Gasteiger charge is -2.08. The van der Waals surface area contributed by atoms with E-state index in [9.17, 15) is 13.2 Å².